The van der Waals surface area contributed by atoms with E-state index in [2.05, 4.69) is 4.99 Å². The molecule has 0 bridgehead atoms. The average Bonchev–Trinajstić information content (AvgIpc) is 3.62. The molecule has 3 aliphatic heterocycles. The van der Waals surface area contributed by atoms with Gasteiger partial charge in [0.2, 0.25) is 11.3 Å². The molecule has 1 aromatic carbocycles. The summed E-state index contributed by atoms with van der Waals surface area (Å²) in [6.07, 6.45) is 3.81. The van der Waals surface area contributed by atoms with E-state index in [1.165, 1.54) is 6.07 Å². The summed E-state index contributed by atoms with van der Waals surface area (Å²) >= 11 is 0. The summed E-state index contributed by atoms with van der Waals surface area (Å²) in [6.45, 7) is 3.10. The van der Waals surface area contributed by atoms with E-state index in [4.69, 9.17) is 24.0 Å². The van der Waals surface area contributed by atoms with E-state index in [1.807, 2.05) is 19.2 Å². The zero-order valence-electron chi connectivity index (χ0n) is 24.9. The maximum absolute atomic E-state index is 13.2. The van der Waals surface area contributed by atoms with E-state index in [1.54, 1.807) is 19.2 Å². The van der Waals surface area contributed by atoms with Crippen molar-refractivity contribution in [2.24, 2.45) is 10.9 Å². The lowest BCUT2D eigenvalue weighted by Crippen LogP contribution is -3.01. The molecule has 44 heavy (non-hydrogen) atoms. The van der Waals surface area contributed by atoms with Gasteiger partial charge >= 0.3 is 0 Å². The van der Waals surface area contributed by atoms with Crippen molar-refractivity contribution in [3.63, 3.8) is 0 Å². The molecule has 0 radical (unpaired) electrons. The first-order valence-electron chi connectivity index (χ1n) is 15.3. The Labute approximate surface area is 254 Å². The molecule has 4 heterocycles. The van der Waals surface area contributed by atoms with Crippen LogP contribution in [0.3, 0.4) is 0 Å². The number of quaternary nitrogens is 1. The molecule has 2 aromatic rings. The summed E-state index contributed by atoms with van der Waals surface area (Å²) in [5.74, 6) is 1.28. The third-order valence-corrected chi connectivity index (χ3v) is 9.53. The Balaban J connectivity index is 1.35. The van der Waals surface area contributed by atoms with Crippen molar-refractivity contribution >= 4 is 22.9 Å². The monoisotopic (exact) mass is 613 g/mol. The molecule has 6 rings (SSSR count). The van der Waals surface area contributed by atoms with Gasteiger partial charge in [-0.05, 0) is 38.8 Å². The highest BCUT2D eigenvalue weighted by atomic mass is 17.2. The SMILES string of the molecule is Cc1cc(=O)c2cc3c(c([NH+]4C=C5N=CC=C5C4)c2o1)O[C@](C)(C1CCCCC1)[C@H](OOC[C@H](O)[C@@H](O)[C@H](O)[C@H](O)CO)C3. The van der Waals surface area contributed by atoms with Gasteiger partial charge in [-0.3, -0.25) is 14.7 Å². The van der Waals surface area contributed by atoms with E-state index >= 15 is 0 Å². The van der Waals surface area contributed by atoms with Gasteiger partial charge in [0.25, 0.3) is 0 Å². The van der Waals surface area contributed by atoms with Crippen molar-refractivity contribution < 1.29 is 49.4 Å². The van der Waals surface area contributed by atoms with Crippen LogP contribution in [0.2, 0.25) is 0 Å². The fourth-order valence-electron chi connectivity index (χ4n) is 6.93. The Kier molecular flexibility index (Phi) is 8.79. The molecule has 0 amide bonds. The van der Waals surface area contributed by atoms with Crippen LogP contribution in [0.5, 0.6) is 5.75 Å². The number of ether oxygens (including phenoxy) is 1. The minimum Gasteiger partial charge on any atom is -0.478 e. The maximum atomic E-state index is 13.2. The van der Waals surface area contributed by atoms with Crippen LogP contribution in [-0.4, -0.2) is 87.6 Å². The second-order valence-corrected chi connectivity index (χ2v) is 12.5. The minimum atomic E-state index is -1.78. The number of fused-ring (bicyclic) bond motifs is 3. The van der Waals surface area contributed by atoms with Crippen LogP contribution >= 0.6 is 0 Å². The predicted octanol–water partition coefficient (Wildman–Crippen LogP) is 0.510. The first kappa shape index (κ1) is 31.1. The van der Waals surface area contributed by atoms with Crippen LogP contribution in [0.25, 0.3) is 11.0 Å². The van der Waals surface area contributed by atoms with Crippen molar-refractivity contribution in [2.45, 2.75) is 88.5 Å². The lowest BCUT2D eigenvalue weighted by molar-refractivity contribution is -0.763. The molecular weight excluding hydrogens is 572 g/mol. The number of hydrogen-bond donors (Lipinski definition) is 6. The fraction of sp³-hybridized carbons (Fsp3) is 0.562. The normalized spacial score (nSPS) is 27.7. The molecule has 12 nitrogen and oxygen atoms in total. The number of aliphatic hydroxyl groups excluding tert-OH is 5. The second-order valence-electron chi connectivity index (χ2n) is 12.5. The maximum Gasteiger partial charge on any atom is 0.222 e. The third-order valence-electron chi connectivity index (χ3n) is 9.53. The van der Waals surface area contributed by atoms with E-state index in [-0.39, 0.29) is 11.3 Å². The molecule has 12 heteroatoms. The molecule has 1 aromatic heterocycles. The lowest BCUT2D eigenvalue weighted by atomic mass is 9.72. The topological polar surface area (TPSA) is 176 Å². The molecule has 0 spiro atoms. The highest BCUT2D eigenvalue weighted by molar-refractivity contribution is 5.90. The molecule has 1 aliphatic carbocycles. The molecule has 6 N–H and O–H groups in total. The zero-order chi connectivity index (χ0) is 31.2. The van der Waals surface area contributed by atoms with Crippen LogP contribution in [0.4, 0.5) is 5.69 Å². The molecule has 238 valence electrons. The second kappa shape index (κ2) is 12.5. The first-order valence-corrected chi connectivity index (χ1v) is 15.3. The smallest absolute Gasteiger partial charge is 0.222 e. The van der Waals surface area contributed by atoms with E-state index in [0.29, 0.717) is 35.4 Å². The number of hydrogen-bond acceptors (Lipinski definition) is 11. The molecule has 4 aliphatic rings. The molecular formula is C32H41N2O10+. The Morgan fingerprint density at radius 1 is 1.11 bits per heavy atom. The summed E-state index contributed by atoms with van der Waals surface area (Å²) in [4.78, 5) is 30.1. The van der Waals surface area contributed by atoms with Gasteiger partial charge in [0.1, 0.15) is 66.9 Å². The van der Waals surface area contributed by atoms with Crippen molar-refractivity contribution in [3.8, 4) is 5.75 Å². The lowest BCUT2D eigenvalue weighted by Gasteiger charge is -2.47. The number of benzene rings is 1. The average molecular weight is 614 g/mol. The van der Waals surface area contributed by atoms with Gasteiger partial charge in [-0.25, -0.2) is 9.78 Å². The molecule has 1 fully saturated rings. The van der Waals surface area contributed by atoms with Crippen LogP contribution in [0.15, 0.2) is 49.9 Å². The molecule has 7 atom stereocenters. The van der Waals surface area contributed by atoms with Crippen LogP contribution in [0, 0.1) is 12.8 Å². The molecule has 0 saturated heterocycles. The predicted molar refractivity (Wildman–Crippen MR) is 159 cm³/mol. The Hall–Kier alpha value is -2.94. The molecule has 1 unspecified atom stereocenters. The van der Waals surface area contributed by atoms with Gasteiger partial charge in [0.15, 0.2) is 11.2 Å². The summed E-state index contributed by atoms with van der Waals surface area (Å²) < 4.78 is 13.2. The number of aliphatic imine (C=N–C) groups is 1. The van der Waals surface area contributed by atoms with Gasteiger partial charge in [0.05, 0.1) is 12.0 Å². The third kappa shape index (κ3) is 5.65. The van der Waals surface area contributed by atoms with Gasteiger partial charge in [-0.1, -0.05) is 19.3 Å². The Morgan fingerprint density at radius 2 is 1.86 bits per heavy atom. The van der Waals surface area contributed by atoms with E-state index in [9.17, 15) is 25.2 Å². The quantitative estimate of drug-likeness (QED) is 0.164. The summed E-state index contributed by atoms with van der Waals surface area (Å²) in [6, 6.07) is 3.27. The fourth-order valence-corrected chi connectivity index (χ4v) is 6.93. The number of aryl methyl sites for hydroxylation is 1. The minimum absolute atomic E-state index is 0.127. The number of nitrogens with one attached hydrogen (secondary N) is 1. The summed E-state index contributed by atoms with van der Waals surface area (Å²) in [7, 11) is 0. The van der Waals surface area contributed by atoms with Gasteiger partial charge < -0.3 is 34.7 Å². The number of nitrogens with zero attached hydrogens (tertiary/aromatic N) is 1. The highest BCUT2D eigenvalue weighted by Crippen LogP contribution is 2.48. The zero-order valence-corrected chi connectivity index (χ0v) is 24.9. The van der Waals surface area contributed by atoms with Crippen molar-refractivity contribution in [2.75, 3.05) is 19.8 Å². The summed E-state index contributed by atoms with van der Waals surface area (Å²) in [5.41, 5.74) is 2.95. The van der Waals surface area contributed by atoms with E-state index < -0.39 is 49.3 Å². The number of aliphatic hydroxyl groups is 5. The number of allylic oxidation sites excluding steroid dienone is 1. The van der Waals surface area contributed by atoms with Gasteiger partial charge in [-0.15, -0.1) is 0 Å². The van der Waals surface area contributed by atoms with Gasteiger partial charge in [0, 0.05) is 35.8 Å². The van der Waals surface area contributed by atoms with E-state index in [0.717, 1.165) is 59.5 Å². The first-order chi connectivity index (χ1) is 21.1. The van der Waals surface area contributed by atoms with Crippen LogP contribution < -0.4 is 15.1 Å². The molecule has 1 saturated carbocycles. The Morgan fingerprint density at radius 3 is 2.59 bits per heavy atom. The summed E-state index contributed by atoms with van der Waals surface area (Å²) in [5, 5.41) is 49.7. The van der Waals surface area contributed by atoms with Gasteiger partial charge in [-0.2, -0.15) is 0 Å². The van der Waals surface area contributed by atoms with Crippen LogP contribution in [0.1, 0.15) is 50.4 Å². The highest BCUT2D eigenvalue weighted by Gasteiger charge is 2.51. The van der Waals surface area contributed by atoms with Crippen LogP contribution in [-0.2, 0) is 16.2 Å². The van der Waals surface area contributed by atoms with Crippen molar-refractivity contribution in [1.29, 1.82) is 0 Å². The number of rotatable bonds is 10. The largest absolute Gasteiger partial charge is 0.478 e. The standard InChI is InChI=1S/C32H40N2O10/c1-17-10-23(36)21-11-19-12-26(44-41-16-25(38)29(40)28(39)24(37)15-35)32(2,20-6-4-3-5-7-20)43-30(19)27(31(21)42-17)34-13-18-8-9-33-22(18)14-34/h8-11,14,20,24-26,28-29,35,37-40H,3-7,12-13,15-16H2,1-2H3/p+1/t24-,25+,26-,28-,29-,32-/m1/s1. The Bertz CT molecular complexity index is 1540. The van der Waals surface area contributed by atoms with Crippen molar-refractivity contribution in [3.05, 3.63) is 57.2 Å². The van der Waals surface area contributed by atoms with Crippen molar-refractivity contribution in [1.82, 2.24) is 0 Å².